The number of para-hydroxylation sites is 1. The Kier molecular flexibility index (Phi) is 7.55. The Morgan fingerprint density at radius 1 is 0.892 bits per heavy atom. The van der Waals surface area contributed by atoms with E-state index in [0.717, 1.165) is 22.5 Å². The molecule has 0 aliphatic carbocycles. The van der Waals surface area contributed by atoms with Crippen LogP contribution < -0.4 is 4.74 Å². The third-order valence-electron chi connectivity index (χ3n) is 5.87. The number of fused-ring (bicyclic) bond motifs is 1. The van der Waals surface area contributed by atoms with Gasteiger partial charge in [-0.05, 0) is 35.4 Å². The maximum atomic E-state index is 12.9. The number of imidazole rings is 1. The van der Waals surface area contributed by atoms with E-state index in [9.17, 15) is 13.2 Å². The van der Waals surface area contributed by atoms with Crippen LogP contribution >= 0.6 is 0 Å². The molecule has 0 spiro atoms. The van der Waals surface area contributed by atoms with Gasteiger partial charge in [0.1, 0.15) is 11.4 Å². The van der Waals surface area contributed by atoms with Crippen molar-refractivity contribution in [1.29, 1.82) is 0 Å². The number of hydrogen-bond acceptors (Lipinski definition) is 3. The molecule has 2 heterocycles. The summed E-state index contributed by atoms with van der Waals surface area (Å²) < 4.78 is 44.9. The smallest absolute Gasteiger partial charge is 0.405 e. The van der Waals surface area contributed by atoms with E-state index in [1.54, 1.807) is 24.3 Å². The van der Waals surface area contributed by atoms with E-state index in [-0.39, 0.29) is 40.7 Å². The van der Waals surface area contributed by atoms with Crippen molar-refractivity contribution in [2.24, 2.45) is 0 Å². The molecule has 5 nitrogen and oxygen atoms in total. The molecule has 9 heteroatoms. The van der Waals surface area contributed by atoms with Crippen molar-refractivity contribution < 1.29 is 17.9 Å². The fourth-order valence-electron chi connectivity index (χ4n) is 4.06. The van der Waals surface area contributed by atoms with E-state index >= 15 is 0 Å². The molecule has 0 aliphatic heterocycles. The molecule has 185 valence electrons. The van der Waals surface area contributed by atoms with Gasteiger partial charge in [0.2, 0.25) is 0 Å². The molecule has 0 atom stereocenters. The number of aromatic nitrogens is 4. The topological polar surface area (TPSA) is 55.7 Å². The van der Waals surface area contributed by atoms with Crippen LogP contribution in [-0.4, -0.2) is 55.7 Å². The summed E-state index contributed by atoms with van der Waals surface area (Å²) in [5.41, 5.74) is 5.05. The summed E-state index contributed by atoms with van der Waals surface area (Å²) in [5, 5.41) is 4.87. The Morgan fingerprint density at radius 3 is 2.30 bits per heavy atom. The van der Waals surface area contributed by atoms with E-state index in [4.69, 9.17) is 10.1 Å². The molecule has 0 bridgehead atoms. The maximum absolute atomic E-state index is 12.9. The SMILES string of the molecule is CC(C)(C)c1cc(-c2nc3cc(-c4ccccc4OC(F)(F)F)ccc3[nH]2)n(Cc2ccccc2)n1.[Na]. The normalized spacial score (nSPS) is 11.9. The van der Waals surface area contributed by atoms with Crippen LogP contribution in [0.5, 0.6) is 5.75 Å². The zero-order valence-electron chi connectivity index (χ0n) is 21.1. The fraction of sp³-hybridized carbons (Fsp3) is 0.214. The zero-order valence-corrected chi connectivity index (χ0v) is 23.1. The molecule has 5 rings (SSSR count). The number of aromatic amines is 1. The van der Waals surface area contributed by atoms with Gasteiger partial charge in [0.25, 0.3) is 0 Å². The second-order valence-electron chi connectivity index (χ2n) is 9.67. The fourth-order valence-corrected chi connectivity index (χ4v) is 4.06. The molecular weight excluding hydrogens is 488 g/mol. The quantitative estimate of drug-likeness (QED) is 0.259. The third kappa shape index (κ3) is 6.09. The zero-order chi connectivity index (χ0) is 25.5. The Bertz CT molecular complexity index is 1520. The Morgan fingerprint density at radius 2 is 1.59 bits per heavy atom. The Balaban J connectivity index is 0.00000320. The summed E-state index contributed by atoms with van der Waals surface area (Å²) in [5.74, 6) is 0.386. The van der Waals surface area contributed by atoms with Crippen molar-refractivity contribution >= 4 is 40.6 Å². The molecule has 0 amide bonds. The average Bonchev–Trinajstić information content (AvgIpc) is 3.42. The molecule has 0 fully saturated rings. The number of ether oxygens (including phenoxy) is 1. The van der Waals surface area contributed by atoms with Crippen molar-refractivity contribution in [3.63, 3.8) is 0 Å². The largest absolute Gasteiger partial charge is 0.573 e. The summed E-state index contributed by atoms with van der Waals surface area (Å²) in [4.78, 5) is 8.14. The first kappa shape index (κ1) is 27.0. The molecule has 0 unspecified atom stereocenters. The molecular formula is C28H25F3N4NaO. The molecule has 37 heavy (non-hydrogen) atoms. The first-order valence-corrected chi connectivity index (χ1v) is 11.5. The first-order chi connectivity index (χ1) is 17.1. The third-order valence-corrected chi connectivity index (χ3v) is 5.87. The maximum Gasteiger partial charge on any atom is 0.573 e. The van der Waals surface area contributed by atoms with Gasteiger partial charge in [0.05, 0.1) is 23.3 Å². The second-order valence-corrected chi connectivity index (χ2v) is 9.67. The van der Waals surface area contributed by atoms with Gasteiger partial charge < -0.3 is 9.72 Å². The van der Waals surface area contributed by atoms with Gasteiger partial charge >= 0.3 is 6.36 Å². The van der Waals surface area contributed by atoms with Gasteiger partial charge in [-0.15, -0.1) is 13.2 Å². The summed E-state index contributed by atoms with van der Waals surface area (Å²) in [6, 6.07) is 23.5. The molecule has 1 radical (unpaired) electrons. The van der Waals surface area contributed by atoms with Crippen LogP contribution in [0.15, 0.2) is 78.9 Å². The predicted molar refractivity (Wildman–Crippen MR) is 139 cm³/mol. The number of alkyl halides is 3. The predicted octanol–water partition coefficient (Wildman–Crippen LogP) is 6.96. The van der Waals surface area contributed by atoms with E-state index in [2.05, 4.69) is 30.5 Å². The first-order valence-electron chi connectivity index (χ1n) is 11.5. The van der Waals surface area contributed by atoms with Gasteiger partial charge in [-0.1, -0.05) is 75.4 Å². The number of benzene rings is 3. The molecule has 1 N–H and O–H groups in total. The van der Waals surface area contributed by atoms with Crippen molar-refractivity contribution in [2.75, 3.05) is 0 Å². The molecule has 3 aromatic carbocycles. The van der Waals surface area contributed by atoms with Crippen molar-refractivity contribution in [3.8, 4) is 28.4 Å². The van der Waals surface area contributed by atoms with Crippen LogP contribution in [0.4, 0.5) is 13.2 Å². The van der Waals surface area contributed by atoms with Crippen LogP contribution in [0, 0.1) is 0 Å². The minimum atomic E-state index is -4.78. The molecule has 0 saturated heterocycles. The van der Waals surface area contributed by atoms with Crippen LogP contribution in [0.2, 0.25) is 0 Å². The minimum Gasteiger partial charge on any atom is -0.405 e. The monoisotopic (exact) mass is 513 g/mol. The van der Waals surface area contributed by atoms with E-state index in [0.29, 0.717) is 29.0 Å². The summed E-state index contributed by atoms with van der Waals surface area (Å²) in [6.45, 7) is 6.91. The number of hydrogen-bond donors (Lipinski definition) is 1. The van der Waals surface area contributed by atoms with Gasteiger partial charge in [-0.3, -0.25) is 4.68 Å². The number of halogens is 3. The van der Waals surface area contributed by atoms with Gasteiger partial charge in [0.15, 0.2) is 5.82 Å². The summed E-state index contributed by atoms with van der Waals surface area (Å²) in [7, 11) is 0. The minimum absolute atomic E-state index is 0. The van der Waals surface area contributed by atoms with E-state index in [1.807, 2.05) is 47.1 Å². The van der Waals surface area contributed by atoms with Gasteiger partial charge in [0, 0.05) is 40.5 Å². The van der Waals surface area contributed by atoms with Crippen molar-refractivity contribution in [3.05, 3.63) is 90.1 Å². The number of H-pyrrole nitrogens is 1. The van der Waals surface area contributed by atoms with Gasteiger partial charge in [-0.2, -0.15) is 5.10 Å². The Labute approximate surface area is 235 Å². The summed E-state index contributed by atoms with van der Waals surface area (Å²) in [6.07, 6.45) is -4.78. The van der Waals surface area contributed by atoms with Crippen molar-refractivity contribution in [2.45, 2.75) is 39.1 Å². The second kappa shape index (κ2) is 10.4. The van der Waals surface area contributed by atoms with E-state index < -0.39 is 6.36 Å². The standard InChI is InChI=1S/C28H25F3N4O.Na/c1-27(2,3)25-16-23(35(34-25)17-18-9-5-4-6-10-18)26-32-21-14-13-19(15-22(21)33-26)20-11-7-8-12-24(20)36-28(29,30)31;/h4-16H,17H2,1-3H3,(H,32,33);. The number of rotatable bonds is 5. The van der Waals surface area contributed by atoms with E-state index in [1.165, 1.54) is 12.1 Å². The molecule has 2 aromatic heterocycles. The average molecular weight is 514 g/mol. The van der Waals surface area contributed by atoms with Gasteiger partial charge in [-0.25, -0.2) is 4.98 Å². The number of nitrogens with zero attached hydrogens (tertiary/aromatic N) is 3. The van der Waals surface area contributed by atoms with Crippen LogP contribution in [0.25, 0.3) is 33.7 Å². The Hall–Kier alpha value is -3.07. The number of nitrogens with one attached hydrogen (secondary N) is 1. The van der Waals surface area contributed by atoms with Crippen LogP contribution in [0.3, 0.4) is 0 Å². The molecule has 0 aliphatic rings. The molecule has 0 saturated carbocycles. The summed E-state index contributed by atoms with van der Waals surface area (Å²) >= 11 is 0. The van der Waals surface area contributed by atoms with Crippen LogP contribution in [-0.2, 0) is 12.0 Å². The van der Waals surface area contributed by atoms with Crippen LogP contribution in [0.1, 0.15) is 32.0 Å². The van der Waals surface area contributed by atoms with Crippen molar-refractivity contribution in [1.82, 2.24) is 19.7 Å². The molecule has 5 aromatic rings.